The molecule has 0 bridgehead atoms. The third kappa shape index (κ3) is 3.70. The first-order valence-electron chi connectivity index (χ1n) is 8.54. The highest BCUT2D eigenvalue weighted by atomic mass is 35.5. The molecule has 0 radical (unpaired) electrons. The summed E-state index contributed by atoms with van der Waals surface area (Å²) in [7, 11) is 0. The predicted octanol–water partition coefficient (Wildman–Crippen LogP) is 2.25. The van der Waals surface area contributed by atoms with Crippen molar-refractivity contribution in [3.8, 4) is 0 Å². The topological polar surface area (TPSA) is 66.9 Å². The summed E-state index contributed by atoms with van der Waals surface area (Å²) in [5.74, 6) is -0.924. The molecule has 0 N–H and O–H groups in total. The van der Waals surface area contributed by atoms with E-state index in [0.717, 1.165) is 12.8 Å². The number of benzene rings is 1. The van der Waals surface area contributed by atoms with Crippen LogP contribution in [-0.2, 0) is 19.1 Å². The van der Waals surface area contributed by atoms with Gasteiger partial charge in [0.05, 0.1) is 30.7 Å². The second kappa shape index (κ2) is 7.54. The van der Waals surface area contributed by atoms with Crippen LogP contribution in [0.2, 0.25) is 5.02 Å². The van der Waals surface area contributed by atoms with Gasteiger partial charge in [-0.1, -0.05) is 11.6 Å². The smallest absolute Gasteiger partial charge is 0.310 e. The largest absolute Gasteiger partial charge is 0.466 e. The van der Waals surface area contributed by atoms with Gasteiger partial charge in [0.2, 0.25) is 5.91 Å². The summed E-state index contributed by atoms with van der Waals surface area (Å²) in [5.41, 5.74) is 0.529. The number of nitrogens with zero attached hydrogens (tertiary/aromatic N) is 2. The highest BCUT2D eigenvalue weighted by Gasteiger charge is 2.44. The molecule has 1 aromatic carbocycles. The molecule has 2 aliphatic heterocycles. The van der Waals surface area contributed by atoms with Crippen molar-refractivity contribution in [3.05, 3.63) is 29.3 Å². The SMILES string of the molecule is CCOC(=O)C1CCCN(C2CC(=O)N(c3ccc(Cl)cc3)C2=O)C1. The maximum absolute atomic E-state index is 12.8. The molecule has 2 aliphatic rings. The van der Waals surface area contributed by atoms with Crippen LogP contribution in [0.1, 0.15) is 26.2 Å². The Morgan fingerprint density at radius 3 is 2.68 bits per heavy atom. The van der Waals surface area contributed by atoms with Crippen LogP contribution in [0.25, 0.3) is 0 Å². The third-order valence-corrected chi connectivity index (χ3v) is 4.97. The van der Waals surface area contributed by atoms with E-state index < -0.39 is 6.04 Å². The number of halogens is 1. The molecule has 2 fully saturated rings. The number of piperidine rings is 1. The number of rotatable bonds is 4. The van der Waals surface area contributed by atoms with Gasteiger partial charge in [-0.2, -0.15) is 0 Å². The maximum atomic E-state index is 12.8. The highest BCUT2D eigenvalue weighted by molar-refractivity contribution is 6.30. The minimum absolute atomic E-state index is 0.136. The first-order valence-corrected chi connectivity index (χ1v) is 8.92. The van der Waals surface area contributed by atoms with E-state index >= 15 is 0 Å². The van der Waals surface area contributed by atoms with E-state index in [9.17, 15) is 14.4 Å². The molecule has 2 heterocycles. The number of hydrogen-bond acceptors (Lipinski definition) is 5. The van der Waals surface area contributed by atoms with Crippen LogP contribution < -0.4 is 4.90 Å². The molecule has 1 aromatic rings. The fraction of sp³-hybridized carbons (Fsp3) is 0.500. The number of amides is 2. The molecule has 25 heavy (non-hydrogen) atoms. The van der Waals surface area contributed by atoms with Crippen molar-refractivity contribution in [3.63, 3.8) is 0 Å². The molecule has 2 atom stereocenters. The molecule has 3 rings (SSSR count). The number of carbonyl (C=O) groups is 3. The van der Waals surface area contributed by atoms with Crippen LogP contribution in [-0.4, -0.2) is 48.4 Å². The van der Waals surface area contributed by atoms with Crippen molar-refractivity contribution in [2.75, 3.05) is 24.6 Å². The summed E-state index contributed by atoms with van der Waals surface area (Å²) in [5, 5.41) is 0.549. The number of anilines is 1. The summed E-state index contributed by atoms with van der Waals surface area (Å²) in [6.07, 6.45) is 1.70. The molecular weight excluding hydrogens is 344 g/mol. The Morgan fingerprint density at radius 1 is 1.28 bits per heavy atom. The van der Waals surface area contributed by atoms with E-state index in [2.05, 4.69) is 0 Å². The monoisotopic (exact) mass is 364 g/mol. The lowest BCUT2D eigenvalue weighted by Gasteiger charge is -2.34. The lowest BCUT2D eigenvalue weighted by molar-refractivity contribution is -0.150. The van der Waals surface area contributed by atoms with Crippen molar-refractivity contribution in [2.24, 2.45) is 5.92 Å². The first kappa shape index (κ1) is 17.9. The van der Waals surface area contributed by atoms with Gasteiger partial charge >= 0.3 is 5.97 Å². The van der Waals surface area contributed by atoms with Crippen LogP contribution in [0.4, 0.5) is 5.69 Å². The lowest BCUT2D eigenvalue weighted by atomic mass is 9.96. The summed E-state index contributed by atoms with van der Waals surface area (Å²) < 4.78 is 5.10. The van der Waals surface area contributed by atoms with Crippen LogP contribution in [0.5, 0.6) is 0 Å². The normalized spacial score (nSPS) is 24.6. The number of ether oxygens (including phenoxy) is 1. The molecule has 2 unspecified atom stereocenters. The van der Waals surface area contributed by atoms with Gasteiger partial charge < -0.3 is 4.74 Å². The van der Waals surface area contributed by atoms with Gasteiger partial charge in [-0.15, -0.1) is 0 Å². The summed E-state index contributed by atoms with van der Waals surface area (Å²) >= 11 is 5.87. The molecule has 2 amide bonds. The number of imide groups is 1. The number of likely N-dealkylation sites (tertiary alicyclic amines) is 1. The van der Waals surface area contributed by atoms with Crippen LogP contribution in [0, 0.1) is 5.92 Å². The van der Waals surface area contributed by atoms with Crippen molar-refractivity contribution in [1.82, 2.24) is 4.90 Å². The van der Waals surface area contributed by atoms with Crippen molar-refractivity contribution < 1.29 is 19.1 Å². The van der Waals surface area contributed by atoms with Crippen LogP contribution >= 0.6 is 11.6 Å². The van der Waals surface area contributed by atoms with E-state index in [-0.39, 0.29) is 30.1 Å². The van der Waals surface area contributed by atoms with Gasteiger partial charge in [0.1, 0.15) is 0 Å². The summed E-state index contributed by atoms with van der Waals surface area (Å²) in [6, 6.07) is 6.13. The molecular formula is C18H21ClN2O4. The van der Waals surface area contributed by atoms with E-state index in [1.165, 1.54) is 4.90 Å². The van der Waals surface area contributed by atoms with E-state index in [0.29, 0.717) is 30.4 Å². The Hall–Kier alpha value is -1.92. The van der Waals surface area contributed by atoms with E-state index in [4.69, 9.17) is 16.3 Å². The quantitative estimate of drug-likeness (QED) is 0.605. The van der Waals surface area contributed by atoms with Crippen molar-refractivity contribution in [1.29, 1.82) is 0 Å². The second-order valence-corrected chi connectivity index (χ2v) is 6.79. The molecule has 134 valence electrons. The van der Waals surface area contributed by atoms with Gasteiger partial charge in [-0.25, -0.2) is 4.90 Å². The standard InChI is InChI=1S/C18H21ClN2O4/c1-2-25-18(24)12-4-3-9-20(11-12)15-10-16(22)21(17(15)23)14-7-5-13(19)6-8-14/h5-8,12,15H,2-4,9-11H2,1H3. The van der Waals surface area contributed by atoms with E-state index in [1.54, 1.807) is 31.2 Å². The average Bonchev–Trinajstić information content (AvgIpc) is 2.91. The first-order chi connectivity index (χ1) is 12.0. The molecule has 0 saturated carbocycles. The minimum atomic E-state index is -0.514. The van der Waals surface area contributed by atoms with Crippen molar-refractivity contribution >= 4 is 35.1 Å². The Morgan fingerprint density at radius 2 is 2.00 bits per heavy atom. The Labute approximate surface area is 151 Å². The van der Waals surface area contributed by atoms with Crippen LogP contribution in [0.15, 0.2) is 24.3 Å². The second-order valence-electron chi connectivity index (χ2n) is 6.35. The molecule has 0 spiro atoms. The van der Waals surface area contributed by atoms with Gasteiger partial charge in [0, 0.05) is 11.6 Å². The fourth-order valence-electron chi connectivity index (χ4n) is 3.50. The Kier molecular flexibility index (Phi) is 5.39. The molecule has 7 heteroatoms. The van der Waals surface area contributed by atoms with E-state index in [1.807, 2.05) is 4.90 Å². The molecule has 6 nitrogen and oxygen atoms in total. The van der Waals surface area contributed by atoms with Gasteiger partial charge in [0.25, 0.3) is 5.91 Å². The Balaban J connectivity index is 1.73. The average molecular weight is 365 g/mol. The molecule has 0 aliphatic carbocycles. The number of hydrogen-bond donors (Lipinski definition) is 0. The number of esters is 1. The highest BCUT2D eigenvalue weighted by Crippen LogP contribution is 2.29. The Bertz CT molecular complexity index is 676. The fourth-order valence-corrected chi connectivity index (χ4v) is 3.63. The predicted molar refractivity (Wildman–Crippen MR) is 93.3 cm³/mol. The van der Waals surface area contributed by atoms with Gasteiger partial charge in [-0.3, -0.25) is 19.3 Å². The van der Waals surface area contributed by atoms with Gasteiger partial charge in [-0.05, 0) is 50.6 Å². The zero-order valence-electron chi connectivity index (χ0n) is 14.1. The van der Waals surface area contributed by atoms with Gasteiger partial charge in [0.15, 0.2) is 0 Å². The zero-order chi connectivity index (χ0) is 18.0. The summed E-state index contributed by atoms with van der Waals surface area (Å²) in [6.45, 7) is 3.28. The minimum Gasteiger partial charge on any atom is -0.466 e. The molecule has 0 aromatic heterocycles. The number of carbonyl (C=O) groups excluding carboxylic acids is 3. The zero-order valence-corrected chi connectivity index (χ0v) is 14.9. The molecule has 2 saturated heterocycles. The van der Waals surface area contributed by atoms with Crippen LogP contribution in [0.3, 0.4) is 0 Å². The van der Waals surface area contributed by atoms with Crippen molar-refractivity contribution in [2.45, 2.75) is 32.2 Å². The third-order valence-electron chi connectivity index (χ3n) is 4.72. The summed E-state index contributed by atoms with van der Waals surface area (Å²) in [4.78, 5) is 40.4. The maximum Gasteiger partial charge on any atom is 0.310 e. The lowest BCUT2D eigenvalue weighted by Crippen LogP contribution is -2.48.